The van der Waals surface area contributed by atoms with Crippen LogP contribution in [0.3, 0.4) is 0 Å². The molecular weight excluding hydrogens is 308 g/mol. The first kappa shape index (κ1) is 16.2. The molecule has 4 nitrogen and oxygen atoms in total. The van der Waals surface area contributed by atoms with Gasteiger partial charge in [-0.1, -0.05) is 36.4 Å². The van der Waals surface area contributed by atoms with Gasteiger partial charge in [-0.3, -0.25) is 4.90 Å². The lowest BCUT2D eigenvalue weighted by atomic mass is 9.99. The molecule has 2 aromatic rings. The fraction of sp³-hybridized carbons (Fsp3) is 0.333. The third kappa shape index (κ3) is 3.99. The highest BCUT2D eigenvalue weighted by Gasteiger charge is 2.13. The second kappa shape index (κ2) is 6.83. The second-order valence-corrected chi connectivity index (χ2v) is 8.00. The SMILES string of the molecule is CS(=O)(=O)c1ccc(-c2ccccc2CN2CCNCC2)cc1. The van der Waals surface area contributed by atoms with Gasteiger partial charge in [0.25, 0.3) is 0 Å². The van der Waals surface area contributed by atoms with Gasteiger partial charge < -0.3 is 5.32 Å². The summed E-state index contributed by atoms with van der Waals surface area (Å²) in [7, 11) is -3.15. The summed E-state index contributed by atoms with van der Waals surface area (Å²) >= 11 is 0. The van der Waals surface area contributed by atoms with Crippen molar-refractivity contribution in [1.82, 2.24) is 10.2 Å². The monoisotopic (exact) mass is 330 g/mol. The number of benzene rings is 2. The van der Waals surface area contributed by atoms with Crippen molar-refractivity contribution in [3.05, 3.63) is 54.1 Å². The summed E-state index contributed by atoms with van der Waals surface area (Å²) in [6.07, 6.45) is 1.24. The Morgan fingerprint density at radius 1 is 1.00 bits per heavy atom. The molecule has 23 heavy (non-hydrogen) atoms. The lowest BCUT2D eigenvalue weighted by molar-refractivity contribution is 0.233. The highest BCUT2D eigenvalue weighted by molar-refractivity contribution is 7.90. The van der Waals surface area contributed by atoms with Gasteiger partial charge in [0.1, 0.15) is 0 Å². The fourth-order valence-corrected chi connectivity index (χ4v) is 3.56. The third-order valence-corrected chi connectivity index (χ3v) is 5.34. The van der Waals surface area contributed by atoms with Crippen LogP contribution >= 0.6 is 0 Å². The first-order valence-electron chi connectivity index (χ1n) is 7.85. The van der Waals surface area contributed by atoms with E-state index >= 15 is 0 Å². The number of hydrogen-bond donors (Lipinski definition) is 1. The first-order chi connectivity index (χ1) is 11.0. The Hall–Kier alpha value is -1.69. The van der Waals surface area contributed by atoms with Crippen LogP contribution in [-0.4, -0.2) is 45.8 Å². The summed E-state index contributed by atoms with van der Waals surface area (Å²) in [6.45, 7) is 5.10. The van der Waals surface area contributed by atoms with Gasteiger partial charge in [-0.25, -0.2) is 8.42 Å². The zero-order valence-corrected chi connectivity index (χ0v) is 14.1. The minimum Gasteiger partial charge on any atom is -0.314 e. The Morgan fingerprint density at radius 3 is 2.30 bits per heavy atom. The maximum atomic E-state index is 11.6. The number of piperazine rings is 1. The molecule has 122 valence electrons. The first-order valence-corrected chi connectivity index (χ1v) is 9.75. The van der Waals surface area contributed by atoms with Gasteiger partial charge in [-0.2, -0.15) is 0 Å². The third-order valence-electron chi connectivity index (χ3n) is 4.21. The van der Waals surface area contributed by atoms with Crippen LogP contribution in [0.15, 0.2) is 53.4 Å². The minimum absolute atomic E-state index is 0.362. The molecule has 0 unspecified atom stereocenters. The van der Waals surface area contributed by atoms with Crippen molar-refractivity contribution in [2.75, 3.05) is 32.4 Å². The van der Waals surface area contributed by atoms with Crippen molar-refractivity contribution in [3.8, 4) is 11.1 Å². The molecule has 1 fully saturated rings. The van der Waals surface area contributed by atoms with Crippen LogP contribution in [0.4, 0.5) is 0 Å². The summed E-state index contributed by atoms with van der Waals surface area (Å²) in [5.74, 6) is 0. The summed E-state index contributed by atoms with van der Waals surface area (Å²) in [5, 5.41) is 3.37. The van der Waals surface area contributed by atoms with Gasteiger partial charge in [-0.05, 0) is 28.8 Å². The van der Waals surface area contributed by atoms with Crippen molar-refractivity contribution < 1.29 is 8.42 Å². The van der Waals surface area contributed by atoms with E-state index in [0.717, 1.165) is 38.3 Å². The van der Waals surface area contributed by atoms with E-state index in [9.17, 15) is 8.42 Å². The van der Waals surface area contributed by atoms with Crippen LogP contribution in [-0.2, 0) is 16.4 Å². The molecule has 0 aliphatic carbocycles. The molecule has 2 aromatic carbocycles. The van der Waals surface area contributed by atoms with Gasteiger partial charge in [0.05, 0.1) is 4.90 Å². The predicted molar refractivity (Wildman–Crippen MR) is 93.1 cm³/mol. The second-order valence-electron chi connectivity index (χ2n) is 5.98. The fourth-order valence-electron chi connectivity index (χ4n) is 2.93. The molecule has 3 rings (SSSR count). The zero-order valence-electron chi connectivity index (χ0n) is 13.3. The van der Waals surface area contributed by atoms with E-state index in [0.29, 0.717) is 4.90 Å². The minimum atomic E-state index is -3.15. The van der Waals surface area contributed by atoms with Gasteiger partial charge in [0.2, 0.25) is 0 Å². The van der Waals surface area contributed by atoms with Crippen molar-refractivity contribution >= 4 is 9.84 Å². The molecular formula is C18H22N2O2S. The number of rotatable bonds is 4. The number of nitrogens with one attached hydrogen (secondary N) is 1. The van der Waals surface area contributed by atoms with Gasteiger partial charge in [-0.15, -0.1) is 0 Å². The smallest absolute Gasteiger partial charge is 0.175 e. The predicted octanol–water partition coefficient (Wildman–Crippen LogP) is 2.16. The Balaban J connectivity index is 1.87. The van der Waals surface area contributed by atoms with Crippen LogP contribution in [0.1, 0.15) is 5.56 Å². The van der Waals surface area contributed by atoms with Crippen LogP contribution in [0.25, 0.3) is 11.1 Å². The summed E-state index contributed by atoms with van der Waals surface area (Å²) in [5.41, 5.74) is 3.51. The molecule has 0 aromatic heterocycles. The maximum Gasteiger partial charge on any atom is 0.175 e. The van der Waals surface area contributed by atoms with Crippen molar-refractivity contribution in [3.63, 3.8) is 0 Å². The highest BCUT2D eigenvalue weighted by atomic mass is 32.2. The summed E-state index contributed by atoms with van der Waals surface area (Å²) in [6, 6.07) is 15.5. The molecule has 1 heterocycles. The number of nitrogens with zero attached hydrogens (tertiary/aromatic N) is 1. The largest absolute Gasteiger partial charge is 0.314 e. The van der Waals surface area contributed by atoms with Crippen molar-refractivity contribution in [2.24, 2.45) is 0 Å². The molecule has 5 heteroatoms. The summed E-state index contributed by atoms with van der Waals surface area (Å²) in [4.78, 5) is 2.81. The Morgan fingerprint density at radius 2 is 1.65 bits per heavy atom. The van der Waals surface area contributed by atoms with Crippen LogP contribution < -0.4 is 5.32 Å². The van der Waals surface area contributed by atoms with Gasteiger partial charge >= 0.3 is 0 Å². The van der Waals surface area contributed by atoms with E-state index in [1.807, 2.05) is 18.2 Å². The average Bonchev–Trinajstić information content (AvgIpc) is 2.56. The topological polar surface area (TPSA) is 49.4 Å². The lowest BCUT2D eigenvalue weighted by Crippen LogP contribution is -2.42. The molecule has 1 aliphatic rings. The van der Waals surface area contributed by atoms with E-state index in [4.69, 9.17) is 0 Å². The normalized spacial score (nSPS) is 16.4. The quantitative estimate of drug-likeness (QED) is 0.933. The van der Waals surface area contributed by atoms with E-state index in [-0.39, 0.29) is 0 Å². The number of sulfone groups is 1. The van der Waals surface area contributed by atoms with E-state index in [1.165, 1.54) is 17.4 Å². The molecule has 0 amide bonds. The maximum absolute atomic E-state index is 11.6. The molecule has 0 spiro atoms. The standard InChI is InChI=1S/C18H22N2O2S/c1-23(21,22)17-8-6-15(7-9-17)18-5-3-2-4-16(18)14-20-12-10-19-11-13-20/h2-9,19H,10-14H2,1H3. The van der Waals surface area contributed by atoms with Crippen LogP contribution in [0, 0.1) is 0 Å². The number of hydrogen-bond acceptors (Lipinski definition) is 4. The average molecular weight is 330 g/mol. The summed E-state index contributed by atoms with van der Waals surface area (Å²) < 4.78 is 23.2. The zero-order chi connectivity index (χ0) is 16.3. The molecule has 1 saturated heterocycles. The molecule has 0 atom stereocenters. The van der Waals surface area contributed by atoms with Crippen LogP contribution in [0.2, 0.25) is 0 Å². The Kier molecular flexibility index (Phi) is 4.80. The van der Waals surface area contributed by atoms with Crippen LogP contribution in [0.5, 0.6) is 0 Å². The van der Waals surface area contributed by atoms with Crippen molar-refractivity contribution in [2.45, 2.75) is 11.4 Å². The van der Waals surface area contributed by atoms with E-state index < -0.39 is 9.84 Å². The highest BCUT2D eigenvalue weighted by Crippen LogP contribution is 2.26. The molecule has 1 N–H and O–H groups in total. The Labute approximate surface area is 138 Å². The molecule has 0 saturated carbocycles. The molecule has 1 aliphatic heterocycles. The van der Waals surface area contributed by atoms with E-state index in [2.05, 4.69) is 28.4 Å². The van der Waals surface area contributed by atoms with Gasteiger partial charge in [0, 0.05) is 39.0 Å². The van der Waals surface area contributed by atoms with Gasteiger partial charge in [0.15, 0.2) is 9.84 Å². The van der Waals surface area contributed by atoms with E-state index in [1.54, 1.807) is 12.1 Å². The molecule has 0 radical (unpaired) electrons. The van der Waals surface area contributed by atoms with Crippen molar-refractivity contribution in [1.29, 1.82) is 0 Å². The Bertz CT molecular complexity index is 764. The molecule has 0 bridgehead atoms. The lowest BCUT2D eigenvalue weighted by Gasteiger charge is -2.28.